The Labute approximate surface area is 102 Å². The van der Waals surface area contributed by atoms with Gasteiger partial charge in [-0.15, -0.1) is 0 Å². The molecule has 17 heavy (non-hydrogen) atoms. The third-order valence-electron chi connectivity index (χ3n) is 2.84. The fourth-order valence-corrected chi connectivity index (χ4v) is 2.02. The fraction of sp³-hybridized carbons (Fsp3) is 0.357. The molecule has 0 fully saturated rings. The molecule has 2 aromatic rings. The maximum Gasteiger partial charge on any atom is 0.113 e. The molecule has 0 unspecified atom stereocenters. The van der Waals surface area contributed by atoms with Crippen molar-refractivity contribution < 1.29 is 5.11 Å². The molecule has 0 radical (unpaired) electrons. The Hall–Kier alpha value is -1.61. The summed E-state index contributed by atoms with van der Waals surface area (Å²) in [6.45, 7) is 3.93. The van der Waals surface area contributed by atoms with Gasteiger partial charge in [0.2, 0.25) is 0 Å². The predicted molar refractivity (Wildman–Crippen MR) is 68.2 cm³/mol. The standard InChI is InChI=1S/C14H18N2O/c1-3-6-14-15-9-10-16(14)13-8-5-4-7-12(13)11(2)17/h4-5,7-11,17H,3,6H2,1-2H3/t11-/m0/s1. The molecule has 1 aromatic carbocycles. The summed E-state index contributed by atoms with van der Waals surface area (Å²) in [5.41, 5.74) is 1.95. The van der Waals surface area contributed by atoms with Crippen molar-refractivity contribution in [3.8, 4) is 5.69 Å². The molecule has 1 N–H and O–H groups in total. The van der Waals surface area contributed by atoms with Gasteiger partial charge in [-0.3, -0.25) is 0 Å². The third kappa shape index (κ3) is 2.39. The van der Waals surface area contributed by atoms with Gasteiger partial charge in [-0.05, 0) is 19.4 Å². The normalized spacial score (nSPS) is 12.6. The molecule has 0 saturated heterocycles. The van der Waals surface area contributed by atoms with Crippen molar-refractivity contribution in [2.45, 2.75) is 32.8 Å². The minimum Gasteiger partial charge on any atom is -0.389 e. The lowest BCUT2D eigenvalue weighted by Crippen LogP contribution is -2.05. The smallest absolute Gasteiger partial charge is 0.113 e. The number of hydrogen-bond acceptors (Lipinski definition) is 2. The first kappa shape index (κ1) is 11.9. The molecule has 1 heterocycles. The van der Waals surface area contributed by atoms with Gasteiger partial charge in [-0.25, -0.2) is 4.98 Å². The van der Waals surface area contributed by atoms with E-state index in [4.69, 9.17) is 0 Å². The van der Waals surface area contributed by atoms with Crippen LogP contribution in [0.1, 0.15) is 37.8 Å². The molecule has 0 bridgehead atoms. The minimum absolute atomic E-state index is 0.469. The largest absolute Gasteiger partial charge is 0.389 e. The van der Waals surface area contributed by atoms with Crippen molar-refractivity contribution in [1.29, 1.82) is 0 Å². The van der Waals surface area contributed by atoms with Crippen molar-refractivity contribution in [3.05, 3.63) is 48.0 Å². The number of para-hydroxylation sites is 1. The molecule has 0 aliphatic rings. The van der Waals surface area contributed by atoms with Crippen LogP contribution < -0.4 is 0 Å². The number of aromatic nitrogens is 2. The van der Waals surface area contributed by atoms with Crippen LogP contribution in [0.15, 0.2) is 36.7 Å². The van der Waals surface area contributed by atoms with E-state index in [9.17, 15) is 5.11 Å². The first-order valence-corrected chi connectivity index (χ1v) is 6.03. The maximum absolute atomic E-state index is 9.79. The van der Waals surface area contributed by atoms with E-state index >= 15 is 0 Å². The molecule has 3 nitrogen and oxygen atoms in total. The zero-order valence-corrected chi connectivity index (χ0v) is 10.3. The Morgan fingerprint density at radius 1 is 1.35 bits per heavy atom. The summed E-state index contributed by atoms with van der Waals surface area (Å²) >= 11 is 0. The van der Waals surface area contributed by atoms with Gasteiger partial charge in [0.25, 0.3) is 0 Å². The number of imidazole rings is 1. The number of benzene rings is 1. The van der Waals surface area contributed by atoms with E-state index in [1.807, 2.05) is 36.7 Å². The van der Waals surface area contributed by atoms with Crippen molar-refractivity contribution >= 4 is 0 Å². The summed E-state index contributed by atoms with van der Waals surface area (Å²) in [7, 11) is 0. The van der Waals surface area contributed by atoms with E-state index in [0.29, 0.717) is 0 Å². The topological polar surface area (TPSA) is 38.0 Å². The van der Waals surface area contributed by atoms with Gasteiger partial charge in [0.05, 0.1) is 11.8 Å². The van der Waals surface area contributed by atoms with E-state index in [1.54, 1.807) is 6.92 Å². The Kier molecular flexibility index (Phi) is 3.59. The lowest BCUT2D eigenvalue weighted by atomic mass is 10.1. The molecule has 3 heteroatoms. The highest BCUT2D eigenvalue weighted by atomic mass is 16.3. The second-order valence-corrected chi connectivity index (χ2v) is 4.20. The van der Waals surface area contributed by atoms with E-state index in [2.05, 4.69) is 16.5 Å². The van der Waals surface area contributed by atoms with Crippen LogP contribution in [0.3, 0.4) is 0 Å². The summed E-state index contributed by atoms with van der Waals surface area (Å²) in [6, 6.07) is 7.90. The van der Waals surface area contributed by atoms with E-state index in [0.717, 1.165) is 29.9 Å². The zero-order chi connectivity index (χ0) is 12.3. The Morgan fingerprint density at radius 2 is 2.12 bits per heavy atom. The molecule has 0 aliphatic carbocycles. The average Bonchev–Trinajstić information content (AvgIpc) is 2.77. The summed E-state index contributed by atoms with van der Waals surface area (Å²) in [4.78, 5) is 4.36. The third-order valence-corrected chi connectivity index (χ3v) is 2.84. The molecule has 90 valence electrons. The first-order valence-electron chi connectivity index (χ1n) is 6.03. The number of rotatable bonds is 4. The van der Waals surface area contributed by atoms with Gasteiger partial charge in [-0.1, -0.05) is 25.1 Å². The second-order valence-electron chi connectivity index (χ2n) is 4.20. The molecular weight excluding hydrogens is 212 g/mol. The Bertz CT molecular complexity index is 488. The summed E-state index contributed by atoms with van der Waals surface area (Å²) in [5.74, 6) is 1.04. The van der Waals surface area contributed by atoms with Crippen LogP contribution in [0.25, 0.3) is 5.69 Å². The summed E-state index contributed by atoms with van der Waals surface area (Å²) in [5, 5.41) is 9.79. The molecule has 0 saturated carbocycles. The van der Waals surface area contributed by atoms with E-state index in [1.165, 1.54) is 0 Å². The molecule has 0 spiro atoms. The van der Waals surface area contributed by atoms with Crippen LogP contribution in [0.5, 0.6) is 0 Å². The number of aryl methyl sites for hydroxylation is 1. The summed E-state index contributed by atoms with van der Waals surface area (Å²) < 4.78 is 2.06. The molecular formula is C14H18N2O. The quantitative estimate of drug-likeness (QED) is 0.877. The van der Waals surface area contributed by atoms with Gasteiger partial charge in [0.1, 0.15) is 5.82 Å². The van der Waals surface area contributed by atoms with Crippen LogP contribution in [0.4, 0.5) is 0 Å². The second kappa shape index (κ2) is 5.15. The number of aliphatic hydroxyl groups excluding tert-OH is 1. The molecule has 2 rings (SSSR count). The van der Waals surface area contributed by atoms with Crippen molar-refractivity contribution in [1.82, 2.24) is 9.55 Å². The van der Waals surface area contributed by atoms with Crippen LogP contribution in [0, 0.1) is 0 Å². The van der Waals surface area contributed by atoms with Crippen LogP contribution in [-0.4, -0.2) is 14.7 Å². The van der Waals surface area contributed by atoms with Crippen LogP contribution in [0.2, 0.25) is 0 Å². The fourth-order valence-electron chi connectivity index (χ4n) is 2.02. The monoisotopic (exact) mass is 230 g/mol. The SMILES string of the molecule is CCCc1nccn1-c1ccccc1[C@H](C)O. The van der Waals surface area contributed by atoms with Crippen molar-refractivity contribution in [2.75, 3.05) is 0 Å². The zero-order valence-electron chi connectivity index (χ0n) is 10.3. The lowest BCUT2D eigenvalue weighted by Gasteiger charge is -2.14. The number of aliphatic hydroxyl groups is 1. The highest BCUT2D eigenvalue weighted by Gasteiger charge is 2.11. The Balaban J connectivity index is 2.48. The first-order chi connectivity index (χ1) is 8.24. The molecule has 0 amide bonds. The van der Waals surface area contributed by atoms with Crippen LogP contribution >= 0.6 is 0 Å². The molecule has 0 aliphatic heterocycles. The van der Waals surface area contributed by atoms with Gasteiger partial charge in [-0.2, -0.15) is 0 Å². The van der Waals surface area contributed by atoms with Crippen molar-refractivity contribution in [3.63, 3.8) is 0 Å². The summed E-state index contributed by atoms with van der Waals surface area (Å²) in [6.07, 6.45) is 5.30. The van der Waals surface area contributed by atoms with Gasteiger partial charge < -0.3 is 9.67 Å². The van der Waals surface area contributed by atoms with Crippen LogP contribution in [-0.2, 0) is 6.42 Å². The highest BCUT2D eigenvalue weighted by Crippen LogP contribution is 2.22. The van der Waals surface area contributed by atoms with E-state index < -0.39 is 6.10 Å². The van der Waals surface area contributed by atoms with Gasteiger partial charge in [0, 0.05) is 24.4 Å². The average molecular weight is 230 g/mol. The number of nitrogens with zero attached hydrogens (tertiary/aromatic N) is 2. The minimum atomic E-state index is -0.469. The predicted octanol–water partition coefficient (Wildman–Crippen LogP) is 2.88. The van der Waals surface area contributed by atoms with E-state index in [-0.39, 0.29) is 0 Å². The van der Waals surface area contributed by atoms with Gasteiger partial charge in [0.15, 0.2) is 0 Å². The van der Waals surface area contributed by atoms with Crippen molar-refractivity contribution in [2.24, 2.45) is 0 Å². The maximum atomic E-state index is 9.79. The lowest BCUT2D eigenvalue weighted by molar-refractivity contribution is 0.199. The van der Waals surface area contributed by atoms with Gasteiger partial charge >= 0.3 is 0 Å². The molecule has 1 atom stereocenters. The highest BCUT2D eigenvalue weighted by molar-refractivity contribution is 5.43. The number of hydrogen-bond donors (Lipinski definition) is 1. The molecule has 1 aromatic heterocycles. The Morgan fingerprint density at radius 3 is 2.82 bits per heavy atom.